The summed E-state index contributed by atoms with van der Waals surface area (Å²) >= 11 is 5.84. The Labute approximate surface area is 139 Å². The third-order valence-electron chi connectivity index (χ3n) is 3.84. The zero-order chi connectivity index (χ0) is 16.2. The van der Waals surface area contributed by atoms with Gasteiger partial charge in [0.25, 0.3) is 5.91 Å². The van der Waals surface area contributed by atoms with E-state index in [9.17, 15) is 4.79 Å². The predicted octanol–water partition coefficient (Wildman–Crippen LogP) is 2.37. The zero-order valence-electron chi connectivity index (χ0n) is 12.8. The van der Waals surface area contributed by atoms with E-state index in [1.165, 1.54) is 6.20 Å². The number of halogens is 1. The first kappa shape index (κ1) is 15.9. The van der Waals surface area contributed by atoms with Crippen molar-refractivity contribution in [1.82, 2.24) is 25.1 Å². The van der Waals surface area contributed by atoms with E-state index in [1.54, 1.807) is 24.1 Å². The lowest BCUT2D eigenvalue weighted by Crippen LogP contribution is -2.39. The molecule has 1 amide bonds. The van der Waals surface area contributed by atoms with Gasteiger partial charge in [-0.1, -0.05) is 11.6 Å². The van der Waals surface area contributed by atoms with Gasteiger partial charge < -0.3 is 9.64 Å². The second-order valence-electron chi connectivity index (χ2n) is 5.45. The van der Waals surface area contributed by atoms with Crippen molar-refractivity contribution < 1.29 is 9.53 Å². The van der Waals surface area contributed by atoms with E-state index in [4.69, 9.17) is 16.3 Å². The monoisotopic (exact) mass is 335 g/mol. The Hall–Kier alpha value is -1.99. The molecule has 1 atom stereocenters. The highest BCUT2D eigenvalue weighted by atomic mass is 35.5. The lowest BCUT2D eigenvalue weighted by molar-refractivity contribution is 0.0594. The van der Waals surface area contributed by atoms with Gasteiger partial charge in [0, 0.05) is 19.9 Å². The summed E-state index contributed by atoms with van der Waals surface area (Å²) in [6.07, 6.45) is 4.32. The van der Waals surface area contributed by atoms with Gasteiger partial charge in [0.2, 0.25) is 0 Å². The third-order valence-corrected chi connectivity index (χ3v) is 4.06. The molecule has 122 valence electrons. The standard InChI is InChI=1S/C15H18ClN5O2/c1-23-9-13-18-14(20-19-13)12-4-2-3-7-21(12)15(22)11-6-5-10(16)8-17-11/h5-6,8,12H,2-4,7,9H2,1H3,(H,18,19,20)/t12-/m1/s1. The smallest absolute Gasteiger partial charge is 0.273 e. The van der Waals surface area contributed by atoms with Gasteiger partial charge in [-0.05, 0) is 31.4 Å². The van der Waals surface area contributed by atoms with Gasteiger partial charge in [-0.2, -0.15) is 5.10 Å². The summed E-state index contributed by atoms with van der Waals surface area (Å²) in [5.41, 5.74) is 0.383. The molecule has 1 fully saturated rings. The fraction of sp³-hybridized carbons (Fsp3) is 0.467. The average molecular weight is 336 g/mol. The highest BCUT2D eigenvalue weighted by Crippen LogP contribution is 2.30. The Bertz CT molecular complexity index is 673. The first-order chi connectivity index (χ1) is 11.2. The number of pyridine rings is 1. The minimum absolute atomic E-state index is 0.121. The van der Waals surface area contributed by atoms with Crippen molar-refractivity contribution in [1.29, 1.82) is 0 Å². The summed E-state index contributed by atoms with van der Waals surface area (Å²) in [6, 6.07) is 3.17. The Kier molecular flexibility index (Phi) is 4.88. The van der Waals surface area contributed by atoms with Crippen LogP contribution in [0.5, 0.6) is 0 Å². The summed E-state index contributed by atoms with van der Waals surface area (Å²) in [5, 5.41) is 7.61. The Morgan fingerprint density at radius 1 is 1.48 bits per heavy atom. The zero-order valence-corrected chi connectivity index (χ0v) is 13.6. The first-order valence-electron chi connectivity index (χ1n) is 7.51. The topological polar surface area (TPSA) is 84.0 Å². The number of piperidine rings is 1. The number of carbonyl (C=O) groups is 1. The quantitative estimate of drug-likeness (QED) is 0.927. The number of aromatic amines is 1. The number of H-pyrrole nitrogens is 1. The SMILES string of the molecule is COCc1nc([C@H]2CCCCN2C(=O)c2ccc(Cl)cn2)n[nH]1. The van der Waals surface area contributed by atoms with E-state index in [0.717, 1.165) is 19.3 Å². The summed E-state index contributed by atoms with van der Waals surface area (Å²) in [7, 11) is 1.60. The molecular weight excluding hydrogens is 318 g/mol. The number of nitrogens with one attached hydrogen (secondary N) is 1. The van der Waals surface area contributed by atoms with Crippen LogP contribution in [0.25, 0.3) is 0 Å². The highest BCUT2D eigenvalue weighted by Gasteiger charge is 2.31. The third kappa shape index (κ3) is 3.51. The van der Waals surface area contributed by atoms with Gasteiger partial charge in [-0.3, -0.25) is 9.89 Å². The Morgan fingerprint density at radius 2 is 2.35 bits per heavy atom. The molecule has 0 aliphatic carbocycles. The number of amides is 1. The minimum atomic E-state index is -0.143. The van der Waals surface area contributed by atoms with Crippen LogP contribution in [0.1, 0.15) is 47.4 Å². The molecule has 1 N–H and O–H groups in total. The molecule has 3 rings (SSSR count). The molecule has 3 heterocycles. The van der Waals surface area contributed by atoms with Crippen LogP contribution >= 0.6 is 11.6 Å². The fourth-order valence-electron chi connectivity index (χ4n) is 2.75. The van der Waals surface area contributed by atoms with E-state index in [0.29, 0.717) is 35.5 Å². The molecule has 0 bridgehead atoms. The molecule has 2 aromatic rings. The van der Waals surface area contributed by atoms with Crippen LogP contribution in [0.4, 0.5) is 0 Å². The van der Waals surface area contributed by atoms with E-state index in [2.05, 4.69) is 20.2 Å². The molecule has 23 heavy (non-hydrogen) atoms. The average Bonchev–Trinajstić information content (AvgIpc) is 3.04. The number of nitrogens with zero attached hydrogens (tertiary/aromatic N) is 4. The van der Waals surface area contributed by atoms with Crippen LogP contribution in [0.2, 0.25) is 5.02 Å². The molecule has 0 unspecified atom stereocenters. The van der Waals surface area contributed by atoms with E-state index < -0.39 is 0 Å². The molecule has 1 saturated heterocycles. The van der Waals surface area contributed by atoms with Crippen molar-refractivity contribution in [3.8, 4) is 0 Å². The number of methoxy groups -OCH3 is 1. The second-order valence-corrected chi connectivity index (χ2v) is 5.88. The maximum Gasteiger partial charge on any atom is 0.273 e. The van der Waals surface area contributed by atoms with Crippen molar-refractivity contribution in [3.05, 3.63) is 40.7 Å². The molecule has 1 aliphatic heterocycles. The van der Waals surface area contributed by atoms with Crippen LogP contribution in [0, 0.1) is 0 Å². The normalized spacial score (nSPS) is 18.2. The summed E-state index contributed by atoms with van der Waals surface area (Å²) in [5.74, 6) is 1.16. The number of ether oxygens (including phenoxy) is 1. The summed E-state index contributed by atoms with van der Waals surface area (Å²) < 4.78 is 5.05. The van der Waals surface area contributed by atoms with Crippen molar-refractivity contribution >= 4 is 17.5 Å². The number of hydrogen-bond donors (Lipinski definition) is 1. The molecule has 1 aliphatic rings. The molecule has 7 nitrogen and oxygen atoms in total. The van der Waals surface area contributed by atoms with Gasteiger partial charge >= 0.3 is 0 Å². The van der Waals surface area contributed by atoms with Gasteiger partial charge in [0.05, 0.1) is 11.1 Å². The number of carbonyl (C=O) groups excluding carboxylic acids is 1. The van der Waals surface area contributed by atoms with E-state index >= 15 is 0 Å². The maximum absolute atomic E-state index is 12.8. The molecule has 0 saturated carbocycles. The molecule has 8 heteroatoms. The van der Waals surface area contributed by atoms with Crippen molar-refractivity contribution in [3.63, 3.8) is 0 Å². The number of aromatic nitrogens is 4. The second kappa shape index (κ2) is 7.06. The number of rotatable bonds is 4. The minimum Gasteiger partial charge on any atom is -0.377 e. The summed E-state index contributed by atoms with van der Waals surface area (Å²) in [6.45, 7) is 1.04. The van der Waals surface area contributed by atoms with Crippen LogP contribution in [-0.2, 0) is 11.3 Å². The van der Waals surface area contributed by atoms with Crippen molar-refractivity contribution in [2.75, 3.05) is 13.7 Å². The first-order valence-corrected chi connectivity index (χ1v) is 7.89. The van der Waals surface area contributed by atoms with E-state index in [1.807, 2.05) is 0 Å². The molecule has 0 aromatic carbocycles. The molecule has 0 radical (unpaired) electrons. The van der Waals surface area contributed by atoms with Crippen molar-refractivity contribution in [2.24, 2.45) is 0 Å². The lowest BCUT2D eigenvalue weighted by Gasteiger charge is -2.33. The van der Waals surface area contributed by atoms with Crippen molar-refractivity contribution in [2.45, 2.75) is 31.9 Å². The lowest BCUT2D eigenvalue weighted by atomic mass is 10.0. The van der Waals surface area contributed by atoms with Gasteiger partial charge in [-0.15, -0.1) is 0 Å². The number of likely N-dealkylation sites (tertiary alicyclic amines) is 1. The highest BCUT2D eigenvalue weighted by molar-refractivity contribution is 6.30. The Balaban J connectivity index is 1.82. The van der Waals surface area contributed by atoms with Gasteiger partial charge in [-0.25, -0.2) is 9.97 Å². The van der Waals surface area contributed by atoms with Gasteiger partial charge in [0.1, 0.15) is 12.3 Å². The maximum atomic E-state index is 12.8. The fourth-order valence-corrected chi connectivity index (χ4v) is 2.86. The van der Waals surface area contributed by atoms with Crippen LogP contribution in [0.15, 0.2) is 18.3 Å². The predicted molar refractivity (Wildman–Crippen MR) is 84.0 cm³/mol. The summed E-state index contributed by atoms with van der Waals surface area (Å²) in [4.78, 5) is 23.1. The molecule has 2 aromatic heterocycles. The van der Waals surface area contributed by atoms with Crippen LogP contribution < -0.4 is 0 Å². The molecular formula is C15H18ClN5O2. The van der Waals surface area contributed by atoms with Crippen LogP contribution in [-0.4, -0.2) is 44.6 Å². The Morgan fingerprint density at radius 3 is 3.09 bits per heavy atom. The molecule has 0 spiro atoms. The van der Waals surface area contributed by atoms with E-state index in [-0.39, 0.29) is 11.9 Å². The van der Waals surface area contributed by atoms with Crippen LogP contribution in [0.3, 0.4) is 0 Å². The largest absolute Gasteiger partial charge is 0.377 e. The number of hydrogen-bond acceptors (Lipinski definition) is 5. The van der Waals surface area contributed by atoms with Gasteiger partial charge in [0.15, 0.2) is 11.6 Å².